The summed E-state index contributed by atoms with van der Waals surface area (Å²) in [4.78, 5) is 69.5. The third-order valence-corrected chi connectivity index (χ3v) is 6.65. The molecule has 3 saturated heterocycles. The first-order valence-electron chi connectivity index (χ1n) is 17.8. The van der Waals surface area contributed by atoms with Crippen molar-refractivity contribution in [3.63, 3.8) is 0 Å². The van der Waals surface area contributed by atoms with Gasteiger partial charge in [0.2, 0.25) is 0 Å². The van der Waals surface area contributed by atoms with E-state index in [0.29, 0.717) is 10.8 Å². The maximum absolute atomic E-state index is 9.29. The van der Waals surface area contributed by atoms with Gasteiger partial charge >= 0.3 is 24.6 Å². The van der Waals surface area contributed by atoms with Crippen LogP contribution in [0.1, 0.15) is 95.9 Å². The second-order valence-corrected chi connectivity index (χ2v) is 15.9. The molecule has 4 N–H and O–H groups in total. The molecule has 0 aliphatic carbocycles. The van der Waals surface area contributed by atoms with Crippen LogP contribution in [-0.2, 0) is 38.4 Å². The second kappa shape index (κ2) is 52.3. The van der Waals surface area contributed by atoms with E-state index < -0.39 is 0 Å². The Balaban J connectivity index is -0.0000000694. The fraction of sp³-hybridized carbons (Fsp3) is 0.707. The maximum Gasteiger partial charge on any atom is 0.373 e. The van der Waals surface area contributed by atoms with Crippen molar-refractivity contribution in [1.82, 2.24) is 15.1 Å². The standard InChI is InChI=1S/C11H21NO.C7H13Br.C7H13NO.C7H14.C4H9NO.4CO2.CH4.2ClH/c1-11(2,3)6-4-7-12-8-5-10(13)9-12;1-7(2,3)5-4-6-8;1-2-4-8-5-3-7(9)6-8;1-5-6-7(2,3)4;6-4-1-2-5-3-4;4*2-1-3;;;/h4,6,10,13H,5,7-9H2,1-3H3;4-5H,6H2,1-3H3;2,7,9H,1,3-6H2;5-6H,1-4H3;4-6H,1-3H2;;;;;1H4;2*1H/b6-4+;5-4+;;6-5+;;;;;;;;/t10-;;7-;;4-;;;;;;;/m0.0.0......./s1. The van der Waals surface area contributed by atoms with Gasteiger partial charge in [-0.05, 0) is 49.0 Å². The number of aliphatic hydroxyl groups excluding tert-OH is 3. The summed E-state index contributed by atoms with van der Waals surface area (Å²) in [6.45, 7) is 32.8. The molecule has 3 heterocycles. The van der Waals surface area contributed by atoms with Gasteiger partial charge in [0.25, 0.3) is 0 Å². The number of nitrogens with zero attached hydrogens (tertiary/aromatic N) is 2. The molecule has 0 bridgehead atoms. The van der Waals surface area contributed by atoms with Crippen molar-refractivity contribution < 1.29 is 53.7 Å². The molecule has 14 nitrogen and oxygen atoms in total. The Morgan fingerprint density at radius 2 is 0.983 bits per heavy atom. The number of aliphatic hydroxyl groups is 3. The van der Waals surface area contributed by atoms with Crippen molar-refractivity contribution in [2.45, 2.75) is 114 Å². The Kier molecular flexibility index (Phi) is 68.6. The molecular formula is C41H76BrCl2N3O11. The highest BCUT2D eigenvalue weighted by Gasteiger charge is 2.19. The van der Waals surface area contributed by atoms with Crippen LogP contribution in [0.4, 0.5) is 0 Å². The molecule has 58 heavy (non-hydrogen) atoms. The lowest BCUT2D eigenvalue weighted by atomic mass is 9.96. The van der Waals surface area contributed by atoms with Crippen LogP contribution in [0.5, 0.6) is 0 Å². The third-order valence-electron chi connectivity index (χ3n) is 6.27. The number of likely N-dealkylation sites (tertiary alicyclic amines) is 2. The van der Waals surface area contributed by atoms with Crippen LogP contribution in [0.2, 0.25) is 0 Å². The Hall–Kier alpha value is -2.70. The molecule has 3 rings (SSSR count). The van der Waals surface area contributed by atoms with Crippen molar-refractivity contribution >= 4 is 65.4 Å². The number of halogens is 3. The van der Waals surface area contributed by atoms with Crippen LogP contribution >= 0.6 is 40.7 Å². The molecule has 3 fully saturated rings. The Morgan fingerprint density at radius 1 is 0.638 bits per heavy atom. The maximum atomic E-state index is 9.29. The number of allylic oxidation sites excluding steroid dienone is 5. The number of β-amino-alcohol motifs (C(OH)–C–C–N with tert-alkyl or cyclic N) is 3. The number of hydrogen-bond acceptors (Lipinski definition) is 14. The summed E-state index contributed by atoms with van der Waals surface area (Å²) in [5.41, 5.74) is 0.987. The minimum Gasteiger partial charge on any atom is -0.392 e. The van der Waals surface area contributed by atoms with E-state index in [1.165, 1.54) is 0 Å². The molecule has 3 atom stereocenters. The number of alkyl halides is 1. The number of nitrogens with one attached hydrogen (secondary N) is 1. The monoisotopic (exact) mass is 935 g/mol. The van der Waals surface area contributed by atoms with Crippen molar-refractivity contribution in [2.24, 2.45) is 16.2 Å². The summed E-state index contributed by atoms with van der Waals surface area (Å²) >= 11 is 3.32. The Morgan fingerprint density at radius 3 is 1.16 bits per heavy atom. The van der Waals surface area contributed by atoms with Crippen LogP contribution in [-0.4, -0.2) is 126 Å². The highest BCUT2D eigenvalue weighted by molar-refractivity contribution is 9.09. The fourth-order valence-corrected chi connectivity index (χ4v) is 4.42. The molecule has 0 unspecified atom stereocenters. The van der Waals surface area contributed by atoms with Gasteiger partial charge in [0.15, 0.2) is 0 Å². The van der Waals surface area contributed by atoms with Gasteiger partial charge in [0, 0.05) is 51.1 Å². The lowest BCUT2D eigenvalue weighted by Gasteiger charge is -2.14. The molecular weight excluding hydrogens is 861 g/mol. The molecule has 3 aliphatic rings. The predicted molar refractivity (Wildman–Crippen MR) is 234 cm³/mol. The highest BCUT2D eigenvalue weighted by Crippen LogP contribution is 2.16. The lowest BCUT2D eigenvalue weighted by molar-refractivity contribution is -0.193. The topological polar surface area (TPSA) is 216 Å². The normalized spacial score (nSPS) is 17.8. The zero-order valence-corrected chi connectivity index (χ0v) is 38.9. The first-order valence-corrected chi connectivity index (χ1v) is 18.9. The van der Waals surface area contributed by atoms with Gasteiger partial charge in [-0.1, -0.05) is 128 Å². The SMILES string of the molecule is C.C/C=C/C(C)(C)C.C=CCN1CC[C@H](O)C1.CC(C)(C)/C=C/CBr.CC(C)(C)/C=C/CN1CC[C@H](O)C1.Cl.Cl.O=C=O.O=C=O.O=C=O.O=C=O.O[C@H]1CCNC1. The summed E-state index contributed by atoms with van der Waals surface area (Å²) in [5, 5.41) is 31.0. The lowest BCUT2D eigenvalue weighted by Crippen LogP contribution is -2.22. The average Bonchev–Trinajstić information content (AvgIpc) is 3.81. The molecule has 0 saturated carbocycles. The summed E-state index contributed by atoms with van der Waals surface area (Å²) in [6, 6.07) is 0. The van der Waals surface area contributed by atoms with Crippen molar-refractivity contribution in [2.75, 3.05) is 57.7 Å². The van der Waals surface area contributed by atoms with Gasteiger partial charge in [-0.2, -0.15) is 38.4 Å². The van der Waals surface area contributed by atoms with E-state index in [2.05, 4.69) is 136 Å². The number of carbonyl (C=O) groups excluding carboxylic acids is 8. The number of rotatable bonds is 5. The van der Waals surface area contributed by atoms with Gasteiger partial charge in [0.1, 0.15) is 0 Å². The molecule has 0 radical (unpaired) electrons. The summed E-state index contributed by atoms with van der Waals surface area (Å²) in [5.74, 6) is 0. The Labute approximate surface area is 370 Å². The van der Waals surface area contributed by atoms with E-state index in [1.54, 1.807) is 0 Å². The van der Waals surface area contributed by atoms with E-state index in [-0.39, 0.29) is 80.6 Å². The molecule has 3 aliphatic heterocycles. The predicted octanol–water partition coefficient (Wildman–Crippen LogP) is 5.97. The highest BCUT2D eigenvalue weighted by atomic mass is 79.9. The largest absolute Gasteiger partial charge is 0.392 e. The summed E-state index contributed by atoms with van der Waals surface area (Å²) < 4.78 is 0. The van der Waals surface area contributed by atoms with Crippen molar-refractivity contribution in [1.29, 1.82) is 0 Å². The van der Waals surface area contributed by atoms with Crippen LogP contribution in [0.25, 0.3) is 0 Å². The van der Waals surface area contributed by atoms with Gasteiger partial charge in [-0.3, -0.25) is 9.80 Å². The molecule has 0 aromatic carbocycles. The van der Waals surface area contributed by atoms with Crippen LogP contribution in [0.15, 0.2) is 49.1 Å². The summed E-state index contributed by atoms with van der Waals surface area (Å²) in [7, 11) is 0. The van der Waals surface area contributed by atoms with E-state index in [1.807, 2.05) is 13.0 Å². The zero-order valence-electron chi connectivity index (χ0n) is 35.7. The Bertz CT molecular complexity index is 1080. The second-order valence-electron chi connectivity index (χ2n) is 15.2. The van der Waals surface area contributed by atoms with Crippen LogP contribution in [0, 0.1) is 16.2 Å². The summed E-state index contributed by atoms with van der Waals surface area (Å²) in [6.07, 6.45) is 18.4. The van der Waals surface area contributed by atoms with Crippen LogP contribution in [0.3, 0.4) is 0 Å². The van der Waals surface area contributed by atoms with E-state index in [0.717, 1.165) is 77.0 Å². The van der Waals surface area contributed by atoms with E-state index >= 15 is 0 Å². The van der Waals surface area contributed by atoms with Crippen molar-refractivity contribution in [3.05, 3.63) is 49.1 Å². The first-order chi connectivity index (χ1) is 25.5. The quantitative estimate of drug-likeness (QED) is 0.185. The molecule has 0 spiro atoms. The third kappa shape index (κ3) is 85.5. The average molecular weight is 938 g/mol. The van der Waals surface area contributed by atoms with Gasteiger partial charge in [-0.15, -0.1) is 31.4 Å². The van der Waals surface area contributed by atoms with Crippen LogP contribution < -0.4 is 5.32 Å². The van der Waals surface area contributed by atoms with E-state index in [9.17, 15) is 5.11 Å². The van der Waals surface area contributed by atoms with Gasteiger partial charge < -0.3 is 20.6 Å². The zero-order chi connectivity index (χ0) is 44.4. The minimum atomic E-state index is -0.0944. The molecule has 0 aromatic heterocycles. The van der Waals surface area contributed by atoms with Gasteiger partial charge in [-0.25, -0.2) is 0 Å². The molecule has 17 heteroatoms. The molecule has 0 amide bonds. The molecule has 342 valence electrons. The molecule has 0 aromatic rings. The fourth-order valence-electron chi connectivity index (χ4n) is 4.23. The first kappa shape index (κ1) is 76.1. The van der Waals surface area contributed by atoms with Gasteiger partial charge in [0.05, 0.1) is 18.3 Å². The van der Waals surface area contributed by atoms with E-state index in [4.69, 9.17) is 48.6 Å². The smallest absolute Gasteiger partial charge is 0.373 e. The minimum absolute atomic E-state index is 0. The number of hydrogen-bond donors (Lipinski definition) is 4. The van der Waals surface area contributed by atoms with Crippen molar-refractivity contribution in [3.8, 4) is 0 Å².